The highest BCUT2D eigenvalue weighted by molar-refractivity contribution is 5.86. The van der Waals surface area contributed by atoms with E-state index in [0.717, 1.165) is 6.08 Å². The highest BCUT2D eigenvalue weighted by atomic mass is 19.3. The number of benzene rings is 1. The van der Waals surface area contributed by atoms with Crippen LogP contribution in [0.5, 0.6) is 0 Å². The summed E-state index contributed by atoms with van der Waals surface area (Å²) in [7, 11) is 1.56. The SMILES string of the molecule is C=C(N)/C(=C/C(F)=C(\C)N)C(=C)Nc1ccc2c(c1)c(CC(F)F)nn2CCOC. The van der Waals surface area contributed by atoms with Gasteiger partial charge in [0.1, 0.15) is 5.83 Å². The molecule has 0 aliphatic heterocycles. The third kappa shape index (κ3) is 5.66. The van der Waals surface area contributed by atoms with Crippen molar-refractivity contribution in [2.75, 3.05) is 19.0 Å². The number of nitrogens with one attached hydrogen (secondary N) is 1. The van der Waals surface area contributed by atoms with E-state index in [1.54, 1.807) is 30.0 Å². The first-order valence-corrected chi connectivity index (χ1v) is 9.15. The molecule has 2 aromatic rings. The van der Waals surface area contributed by atoms with Crippen molar-refractivity contribution in [3.63, 3.8) is 0 Å². The quantitative estimate of drug-likeness (QED) is 0.505. The van der Waals surface area contributed by atoms with Gasteiger partial charge in [-0.1, -0.05) is 13.2 Å². The number of nitrogens with zero attached hydrogens (tertiary/aromatic N) is 2. The largest absolute Gasteiger partial charge is 0.400 e. The van der Waals surface area contributed by atoms with Crippen molar-refractivity contribution >= 4 is 16.6 Å². The number of aromatic nitrogens is 2. The molecule has 162 valence electrons. The van der Waals surface area contributed by atoms with Crippen LogP contribution in [0.25, 0.3) is 10.9 Å². The van der Waals surface area contributed by atoms with Gasteiger partial charge in [0.2, 0.25) is 6.43 Å². The van der Waals surface area contributed by atoms with Crippen LogP contribution in [-0.4, -0.2) is 29.9 Å². The molecule has 0 aliphatic rings. The van der Waals surface area contributed by atoms with Gasteiger partial charge in [-0.25, -0.2) is 13.2 Å². The zero-order valence-corrected chi connectivity index (χ0v) is 17.0. The number of fused-ring (bicyclic) bond motifs is 1. The number of anilines is 1. The molecule has 0 unspecified atom stereocenters. The van der Waals surface area contributed by atoms with Crippen molar-refractivity contribution in [2.24, 2.45) is 11.5 Å². The highest BCUT2D eigenvalue weighted by Crippen LogP contribution is 2.27. The van der Waals surface area contributed by atoms with E-state index in [4.69, 9.17) is 16.2 Å². The summed E-state index contributed by atoms with van der Waals surface area (Å²) in [6.45, 7) is 9.74. The van der Waals surface area contributed by atoms with Crippen LogP contribution in [0.3, 0.4) is 0 Å². The number of methoxy groups -OCH3 is 1. The fraction of sp³-hybridized carbons (Fsp3) is 0.286. The summed E-state index contributed by atoms with van der Waals surface area (Å²) in [4.78, 5) is 0. The number of alkyl halides is 2. The summed E-state index contributed by atoms with van der Waals surface area (Å²) in [5.41, 5.74) is 13.3. The lowest BCUT2D eigenvalue weighted by atomic mass is 10.1. The van der Waals surface area contributed by atoms with E-state index in [0.29, 0.717) is 29.7 Å². The van der Waals surface area contributed by atoms with Crippen molar-refractivity contribution < 1.29 is 17.9 Å². The predicted molar refractivity (Wildman–Crippen MR) is 113 cm³/mol. The van der Waals surface area contributed by atoms with Crippen molar-refractivity contribution in [1.82, 2.24) is 9.78 Å². The standard InChI is InChI=1S/C21H26F3N5O/c1-12(25)16(10-18(22)13(2)26)14(3)27-15-5-6-20-17(9-15)19(11-21(23)24)28-29(20)7-8-30-4/h5-6,9-10,21,27H,1,3,7-8,11,25-26H2,2,4H3/b16-10-,18-13-. The van der Waals surface area contributed by atoms with E-state index in [1.807, 2.05) is 0 Å². The van der Waals surface area contributed by atoms with E-state index in [1.165, 1.54) is 6.92 Å². The van der Waals surface area contributed by atoms with Crippen LogP contribution in [0.4, 0.5) is 18.9 Å². The monoisotopic (exact) mass is 421 g/mol. The molecule has 1 aromatic carbocycles. The van der Waals surface area contributed by atoms with Gasteiger partial charge in [-0.3, -0.25) is 4.68 Å². The Labute approximate surface area is 173 Å². The molecule has 5 N–H and O–H groups in total. The van der Waals surface area contributed by atoms with Crippen molar-refractivity contribution in [2.45, 2.75) is 26.3 Å². The Morgan fingerprint density at radius 1 is 1.33 bits per heavy atom. The molecule has 0 amide bonds. The van der Waals surface area contributed by atoms with Gasteiger partial charge >= 0.3 is 0 Å². The minimum atomic E-state index is -2.53. The van der Waals surface area contributed by atoms with Crippen LogP contribution >= 0.6 is 0 Å². The molecule has 0 radical (unpaired) electrons. The second kappa shape index (κ2) is 10.0. The molecule has 9 heteroatoms. The van der Waals surface area contributed by atoms with Gasteiger partial charge in [0.05, 0.1) is 30.8 Å². The second-order valence-corrected chi connectivity index (χ2v) is 6.71. The maximum absolute atomic E-state index is 13.9. The summed E-state index contributed by atoms with van der Waals surface area (Å²) in [5.74, 6) is -0.659. The summed E-state index contributed by atoms with van der Waals surface area (Å²) in [6.07, 6.45) is -1.87. The number of ether oxygens (including phenoxy) is 1. The van der Waals surface area contributed by atoms with Crippen LogP contribution < -0.4 is 16.8 Å². The summed E-state index contributed by atoms with van der Waals surface area (Å²) < 4.78 is 46.7. The van der Waals surface area contributed by atoms with E-state index >= 15 is 0 Å². The van der Waals surface area contributed by atoms with E-state index in [-0.39, 0.29) is 28.4 Å². The first-order valence-electron chi connectivity index (χ1n) is 9.15. The molecule has 30 heavy (non-hydrogen) atoms. The molecule has 0 aliphatic carbocycles. The van der Waals surface area contributed by atoms with Crippen LogP contribution in [0, 0.1) is 0 Å². The molecule has 1 aromatic heterocycles. The Morgan fingerprint density at radius 3 is 2.60 bits per heavy atom. The molecule has 2 rings (SSSR count). The van der Waals surface area contributed by atoms with Gasteiger partial charge in [-0.15, -0.1) is 0 Å². The Kier molecular flexibility index (Phi) is 7.71. The van der Waals surface area contributed by atoms with Crippen LogP contribution in [-0.2, 0) is 17.7 Å². The number of nitrogens with two attached hydrogens (primary N) is 2. The second-order valence-electron chi connectivity index (χ2n) is 6.71. The van der Waals surface area contributed by atoms with Gasteiger partial charge in [-0.2, -0.15) is 5.10 Å². The first-order chi connectivity index (χ1) is 14.1. The summed E-state index contributed by atoms with van der Waals surface area (Å²) >= 11 is 0. The van der Waals surface area contributed by atoms with Crippen LogP contribution in [0.15, 0.2) is 65.9 Å². The Hall–Kier alpha value is -3.20. The minimum absolute atomic E-state index is 0.0110. The number of halogens is 3. The molecule has 0 atom stereocenters. The third-order valence-corrected chi connectivity index (χ3v) is 4.30. The average Bonchev–Trinajstić information content (AvgIpc) is 2.99. The minimum Gasteiger partial charge on any atom is -0.400 e. The summed E-state index contributed by atoms with van der Waals surface area (Å²) in [6, 6.07) is 5.18. The highest BCUT2D eigenvalue weighted by Gasteiger charge is 2.16. The molecule has 1 heterocycles. The number of hydrogen-bond acceptors (Lipinski definition) is 5. The molecule has 0 saturated carbocycles. The molecular weight excluding hydrogens is 395 g/mol. The van der Waals surface area contributed by atoms with Gasteiger partial charge in [0.15, 0.2) is 0 Å². The Bertz CT molecular complexity index is 1000. The molecule has 0 saturated heterocycles. The fourth-order valence-electron chi connectivity index (χ4n) is 2.82. The lowest BCUT2D eigenvalue weighted by Crippen LogP contribution is -2.09. The zero-order valence-electron chi connectivity index (χ0n) is 17.0. The molecule has 0 bridgehead atoms. The molecule has 0 fully saturated rings. The maximum atomic E-state index is 13.9. The molecule has 6 nitrogen and oxygen atoms in total. The Balaban J connectivity index is 2.41. The first kappa shape index (κ1) is 23.1. The third-order valence-electron chi connectivity index (χ3n) is 4.30. The number of allylic oxidation sites excluding steroid dienone is 3. The van der Waals surface area contributed by atoms with Crippen LogP contribution in [0.2, 0.25) is 0 Å². The van der Waals surface area contributed by atoms with Gasteiger partial charge in [0.25, 0.3) is 0 Å². The lowest BCUT2D eigenvalue weighted by molar-refractivity contribution is 0.147. The zero-order chi connectivity index (χ0) is 22.4. The predicted octanol–water partition coefficient (Wildman–Crippen LogP) is 3.97. The smallest absolute Gasteiger partial charge is 0.244 e. The molecule has 0 spiro atoms. The fourth-order valence-corrected chi connectivity index (χ4v) is 2.82. The average molecular weight is 421 g/mol. The van der Waals surface area contributed by atoms with Crippen molar-refractivity contribution in [3.8, 4) is 0 Å². The maximum Gasteiger partial charge on any atom is 0.244 e. The topological polar surface area (TPSA) is 91.1 Å². The van der Waals surface area contributed by atoms with Crippen molar-refractivity contribution in [3.05, 3.63) is 71.6 Å². The lowest BCUT2D eigenvalue weighted by Gasteiger charge is -2.14. The van der Waals surface area contributed by atoms with Gasteiger partial charge in [-0.05, 0) is 31.2 Å². The van der Waals surface area contributed by atoms with E-state index < -0.39 is 18.7 Å². The van der Waals surface area contributed by atoms with Crippen LogP contribution in [0.1, 0.15) is 12.6 Å². The van der Waals surface area contributed by atoms with E-state index in [9.17, 15) is 13.2 Å². The Morgan fingerprint density at radius 2 is 2.03 bits per heavy atom. The summed E-state index contributed by atoms with van der Waals surface area (Å²) in [5, 5.41) is 7.88. The van der Waals surface area contributed by atoms with E-state index in [2.05, 4.69) is 23.6 Å². The number of rotatable bonds is 10. The normalized spacial score (nSPS) is 12.9. The molecular formula is C21H26F3N5O. The van der Waals surface area contributed by atoms with Gasteiger partial charge < -0.3 is 21.5 Å². The van der Waals surface area contributed by atoms with Crippen molar-refractivity contribution in [1.29, 1.82) is 0 Å². The van der Waals surface area contributed by atoms with Gasteiger partial charge in [0, 0.05) is 40.8 Å². The number of hydrogen-bond donors (Lipinski definition) is 3.